The van der Waals surface area contributed by atoms with E-state index in [4.69, 9.17) is 9.15 Å². The van der Waals surface area contributed by atoms with Crippen LogP contribution in [0.5, 0.6) is 0 Å². The molecule has 0 unspecified atom stereocenters. The minimum Gasteiger partial charge on any atom is -0.450 e. The van der Waals surface area contributed by atoms with Gasteiger partial charge in [0.15, 0.2) is 6.61 Å². The zero-order chi connectivity index (χ0) is 23.4. The maximum absolute atomic E-state index is 12.5. The van der Waals surface area contributed by atoms with Gasteiger partial charge in [-0.1, -0.05) is 48.0 Å². The molecule has 33 heavy (non-hydrogen) atoms. The molecule has 0 spiro atoms. The summed E-state index contributed by atoms with van der Waals surface area (Å²) in [5.74, 6) is -2.19. The number of carbonyl (C=O) groups is 2. The smallest absolute Gasteiger partial charge is 0.433 e. The van der Waals surface area contributed by atoms with Gasteiger partial charge >= 0.3 is 11.9 Å². The van der Waals surface area contributed by atoms with Crippen LogP contribution in [0.2, 0.25) is 0 Å². The first-order valence-corrected chi connectivity index (χ1v) is 9.84. The van der Waals surface area contributed by atoms with E-state index in [1.54, 1.807) is 10.7 Å². The number of aromatic nitrogens is 2. The molecule has 0 fully saturated rings. The average Bonchev–Trinajstić information content (AvgIpc) is 3.47. The van der Waals surface area contributed by atoms with Gasteiger partial charge in [-0.25, -0.2) is 9.48 Å². The van der Waals surface area contributed by atoms with Crippen molar-refractivity contribution in [1.29, 1.82) is 0 Å². The third-order valence-electron chi connectivity index (χ3n) is 4.63. The highest BCUT2D eigenvalue weighted by molar-refractivity contribution is 5.94. The molecule has 0 aliphatic heterocycles. The van der Waals surface area contributed by atoms with Gasteiger partial charge in [0.25, 0.3) is 5.91 Å². The fourth-order valence-corrected chi connectivity index (χ4v) is 3.02. The van der Waals surface area contributed by atoms with E-state index in [0.29, 0.717) is 11.5 Å². The number of rotatable bonds is 7. The number of nitrogens with one attached hydrogen (secondary N) is 1. The van der Waals surface area contributed by atoms with Crippen molar-refractivity contribution in [3.63, 3.8) is 0 Å². The highest BCUT2D eigenvalue weighted by atomic mass is 16.7. The van der Waals surface area contributed by atoms with Crippen molar-refractivity contribution in [2.75, 3.05) is 11.9 Å². The number of benzene rings is 2. The van der Waals surface area contributed by atoms with Crippen LogP contribution in [-0.4, -0.2) is 33.2 Å². The van der Waals surface area contributed by atoms with Crippen LogP contribution in [0, 0.1) is 17.0 Å². The first-order valence-electron chi connectivity index (χ1n) is 9.84. The monoisotopic (exact) mass is 446 g/mol. The maximum Gasteiger partial charge on any atom is 0.433 e. The van der Waals surface area contributed by atoms with Crippen molar-refractivity contribution in [3.8, 4) is 16.9 Å². The molecule has 0 aliphatic rings. The van der Waals surface area contributed by atoms with E-state index in [2.05, 4.69) is 10.4 Å². The van der Waals surface area contributed by atoms with Gasteiger partial charge in [0.05, 0.1) is 17.4 Å². The van der Waals surface area contributed by atoms with Crippen molar-refractivity contribution in [2.45, 2.75) is 6.92 Å². The molecule has 166 valence electrons. The van der Waals surface area contributed by atoms with Crippen LogP contribution in [0.25, 0.3) is 16.9 Å². The Morgan fingerprint density at radius 3 is 2.48 bits per heavy atom. The van der Waals surface area contributed by atoms with E-state index < -0.39 is 29.3 Å². The zero-order valence-corrected chi connectivity index (χ0v) is 17.4. The number of ether oxygens (including phenoxy) is 1. The van der Waals surface area contributed by atoms with Gasteiger partial charge < -0.3 is 14.5 Å². The Kier molecular flexibility index (Phi) is 5.98. The molecule has 4 rings (SSSR count). The van der Waals surface area contributed by atoms with E-state index >= 15 is 0 Å². The molecule has 1 amide bonds. The van der Waals surface area contributed by atoms with Gasteiger partial charge in [-0.15, -0.1) is 0 Å². The number of para-hydroxylation sites is 1. The van der Waals surface area contributed by atoms with Crippen LogP contribution in [0.3, 0.4) is 0 Å². The SMILES string of the molecule is Cc1ccc(-c2cc(NC(=O)COC(=O)c3ccc([N+](=O)[O-])o3)n(-c3ccccc3)n2)cc1. The lowest BCUT2D eigenvalue weighted by Gasteiger charge is -2.09. The molecular weight excluding hydrogens is 428 g/mol. The van der Waals surface area contributed by atoms with Crippen molar-refractivity contribution >= 4 is 23.6 Å². The number of hydrogen-bond acceptors (Lipinski definition) is 7. The molecule has 0 aliphatic carbocycles. The van der Waals surface area contributed by atoms with Gasteiger partial charge in [0, 0.05) is 11.6 Å². The second-order valence-electron chi connectivity index (χ2n) is 7.05. The summed E-state index contributed by atoms with van der Waals surface area (Å²) in [5, 5.41) is 18.0. The number of amides is 1. The molecular formula is C23H18N4O6. The first-order chi connectivity index (χ1) is 15.9. The Labute approximate surface area is 187 Å². The molecule has 4 aromatic rings. The van der Waals surface area contributed by atoms with E-state index in [0.717, 1.165) is 28.9 Å². The number of anilines is 1. The lowest BCUT2D eigenvalue weighted by atomic mass is 10.1. The maximum atomic E-state index is 12.5. The Hall–Kier alpha value is -4.73. The summed E-state index contributed by atoms with van der Waals surface area (Å²) in [6.45, 7) is 1.37. The largest absolute Gasteiger partial charge is 0.450 e. The summed E-state index contributed by atoms with van der Waals surface area (Å²) in [5.41, 5.74) is 3.36. The first kappa shape index (κ1) is 21.5. The van der Waals surface area contributed by atoms with E-state index in [-0.39, 0.29) is 5.76 Å². The normalized spacial score (nSPS) is 10.6. The van der Waals surface area contributed by atoms with E-state index in [9.17, 15) is 19.7 Å². The molecule has 1 N–H and O–H groups in total. The van der Waals surface area contributed by atoms with Crippen LogP contribution < -0.4 is 5.32 Å². The van der Waals surface area contributed by atoms with Crippen molar-refractivity contribution in [1.82, 2.24) is 9.78 Å². The van der Waals surface area contributed by atoms with E-state index in [1.807, 2.05) is 61.5 Å². The lowest BCUT2D eigenvalue weighted by Crippen LogP contribution is -2.22. The second kappa shape index (κ2) is 9.18. The molecule has 2 aromatic carbocycles. The quantitative estimate of drug-likeness (QED) is 0.256. The third-order valence-corrected chi connectivity index (χ3v) is 4.63. The molecule has 0 saturated carbocycles. The molecule has 10 nitrogen and oxygen atoms in total. The van der Waals surface area contributed by atoms with Crippen LogP contribution in [0.15, 0.2) is 77.2 Å². The molecule has 0 radical (unpaired) electrons. The van der Waals surface area contributed by atoms with Crippen LogP contribution in [0.4, 0.5) is 11.7 Å². The minimum atomic E-state index is -0.991. The molecule has 10 heteroatoms. The summed E-state index contributed by atoms with van der Waals surface area (Å²) in [7, 11) is 0. The second-order valence-corrected chi connectivity index (χ2v) is 7.05. The molecule has 0 bridgehead atoms. The van der Waals surface area contributed by atoms with Crippen LogP contribution in [0.1, 0.15) is 16.1 Å². The average molecular weight is 446 g/mol. The summed E-state index contributed by atoms with van der Waals surface area (Å²) in [6.07, 6.45) is 0. The summed E-state index contributed by atoms with van der Waals surface area (Å²) in [4.78, 5) is 34.4. The van der Waals surface area contributed by atoms with E-state index in [1.165, 1.54) is 0 Å². The minimum absolute atomic E-state index is 0.370. The fourth-order valence-electron chi connectivity index (χ4n) is 3.02. The number of esters is 1. The number of hydrogen-bond donors (Lipinski definition) is 1. The highest BCUT2D eigenvalue weighted by Crippen LogP contribution is 2.25. The van der Waals surface area contributed by atoms with Crippen LogP contribution in [-0.2, 0) is 9.53 Å². The Morgan fingerprint density at radius 1 is 1.09 bits per heavy atom. The summed E-state index contributed by atoms with van der Waals surface area (Å²) < 4.78 is 11.3. The molecule has 0 atom stereocenters. The Balaban J connectivity index is 1.51. The molecule has 0 saturated heterocycles. The number of furan rings is 1. The number of nitrogens with zero attached hydrogens (tertiary/aromatic N) is 3. The Bertz CT molecular complexity index is 1310. The van der Waals surface area contributed by atoms with Gasteiger partial charge in [0.2, 0.25) is 5.76 Å². The molecule has 2 aromatic heterocycles. The van der Waals surface area contributed by atoms with Crippen molar-refractivity contribution < 1.29 is 23.7 Å². The summed E-state index contributed by atoms with van der Waals surface area (Å²) in [6, 6.07) is 20.9. The fraction of sp³-hybridized carbons (Fsp3) is 0.0870. The number of aryl methyl sites for hydroxylation is 1. The lowest BCUT2D eigenvalue weighted by molar-refractivity contribution is -0.402. The predicted octanol–water partition coefficient (Wildman–Crippen LogP) is 4.14. The van der Waals surface area contributed by atoms with Crippen LogP contribution >= 0.6 is 0 Å². The number of nitro groups is 1. The highest BCUT2D eigenvalue weighted by Gasteiger charge is 2.20. The third kappa shape index (κ3) is 4.96. The summed E-state index contributed by atoms with van der Waals surface area (Å²) >= 11 is 0. The predicted molar refractivity (Wildman–Crippen MR) is 118 cm³/mol. The van der Waals surface area contributed by atoms with Crippen molar-refractivity contribution in [3.05, 3.63) is 94.2 Å². The zero-order valence-electron chi connectivity index (χ0n) is 17.4. The van der Waals surface area contributed by atoms with Gasteiger partial charge in [0.1, 0.15) is 10.7 Å². The van der Waals surface area contributed by atoms with Gasteiger partial charge in [-0.05, 0) is 25.1 Å². The number of carbonyl (C=O) groups excluding carboxylic acids is 2. The standard InChI is InChI=1S/C23H18N4O6/c1-15-7-9-16(10-8-15)18-13-20(26(25-18)17-5-3-2-4-6-17)24-21(28)14-32-23(29)19-11-12-22(33-19)27(30)31/h2-13H,14H2,1H3,(H,24,28). The van der Waals surface area contributed by atoms with Crippen molar-refractivity contribution in [2.24, 2.45) is 0 Å². The Morgan fingerprint density at radius 2 is 1.82 bits per heavy atom. The molecule has 2 heterocycles. The van der Waals surface area contributed by atoms with Gasteiger partial charge in [-0.3, -0.25) is 14.9 Å². The topological polar surface area (TPSA) is 130 Å². The van der Waals surface area contributed by atoms with Gasteiger partial charge in [-0.2, -0.15) is 5.10 Å².